The Hall–Kier alpha value is -3.85. The van der Waals surface area contributed by atoms with Crippen LogP contribution in [0.5, 0.6) is 0 Å². The van der Waals surface area contributed by atoms with Gasteiger partial charge in [-0.05, 0) is 68.1 Å². The topological polar surface area (TPSA) is 101 Å². The van der Waals surface area contributed by atoms with Gasteiger partial charge in [0, 0.05) is 30.9 Å². The van der Waals surface area contributed by atoms with Gasteiger partial charge in [0.25, 0.3) is 11.6 Å². The number of para-hydroxylation sites is 1. The number of nitro groups is 1. The summed E-state index contributed by atoms with van der Waals surface area (Å²) in [5.74, 6) is 0.507. The Bertz CT molecular complexity index is 1240. The molecule has 1 amide bonds. The first-order chi connectivity index (χ1) is 16.0. The molecular weight excluding hydrogens is 440 g/mol. The Balaban J connectivity index is 1.51. The molecule has 9 heteroatoms. The lowest BCUT2D eigenvalue weighted by molar-refractivity contribution is -0.384. The largest absolute Gasteiger partial charge is 0.456 e. The van der Waals surface area contributed by atoms with Crippen molar-refractivity contribution in [2.45, 2.75) is 13.8 Å². The summed E-state index contributed by atoms with van der Waals surface area (Å²) in [5, 5.41) is 14.5. The minimum absolute atomic E-state index is 0.0412. The maximum atomic E-state index is 12.4. The van der Waals surface area contributed by atoms with Crippen molar-refractivity contribution in [3.63, 3.8) is 0 Å². The van der Waals surface area contributed by atoms with Gasteiger partial charge in [0.1, 0.15) is 11.5 Å². The van der Waals surface area contributed by atoms with Crippen molar-refractivity contribution in [1.82, 2.24) is 5.32 Å². The van der Waals surface area contributed by atoms with E-state index in [-0.39, 0.29) is 11.6 Å². The van der Waals surface area contributed by atoms with Gasteiger partial charge in [-0.1, -0.05) is 12.1 Å². The van der Waals surface area contributed by atoms with Gasteiger partial charge in [0.2, 0.25) is 0 Å². The first kappa shape index (κ1) is 22.3. The second-order valence-electron chi connectivity index (χ2n) is 7.15. The molecule has 1 aromatic heterocycles. The third-order valence-corrected chi connectivity index (χ3v) is 6.04. The van der Waals surface area contributed by atoms with Crippen LogP contribution in [0.2, 0.25) is 0 Å². The summed E-state index contributed by atoms with van der Waals surface area (Å²) in [4.78, 5) is 30.4. The third kappa shape index (κ3) is 4.98. The summed E-state index contributed by atoms with van der Waals surface area (Å²) in [6.07, 6.45) is 1.60. The van der Waals surface area contributed by atoms with E-state index in [1.807, 2.05) is 24.3 Å². The molecular formula is C24H22N4O4S. The molecule has 0 aliphatic carbocycles. The zero-order valence-electron chi connectivity index (χ0n) is 18.1. The van der Waals surface area contributed by atoms with Gasteiger partial charge in [-0.3, -0.25) is 14.9 Å². The lowest BCUT2D eigenvalue weighted by Gasteiger charge is -2.20. The van der Waals surface area contributed by atoms with Crippen LogP contribution in [0.3, 0.4) is 0 Å². The van der Waals surface area contributed by atoms with Crippen LogP contribution in [0.15, 0.2) is 75.0 Å². The highest BCUT2D eigenvalue weighted by Gasteiger charge is 2.25. The van der Waals surface area contributed by atoms with Crippen molar-refractivity contribution in [2.24, 2.45) is 4.99 Å². The van der Waals surface area contributed by atoms with Crippen LogP contribution in [-0.2, 0) is 4.79 Å². The molecule has 168 valence electrons. The quantitative estimate of drug-likeness (QED) is 0.279. The average Bonchev–Trinajstić information content (AvgIpc) is 3.42. The zero-order valence-corrected chi connectivity index (χ0v) is 19.0. The molecule has 1 fully saturated rings. The monoisotopic (exact) mass is 462 g/mol. The van der Waals surface area contributed by atoms with Crippen molar-refractivity contribution < 1.29 is 14.1 Å². The average molecular weight is 463 g/mol. The van der Waals surface area contributed by atoms with E-state index >= 15 is 0 Å². The van der Waals surface area contributed by atoms with Crippen LogP contribution >= 0.6 is 11.8 Å². The lowest BCUT2D eigenvalue weighted by atomic mass is 10.1. The van der Waals surface area contributed by atoms with Gasteiger partial charge in [-0.2, -0.15) is 0 Å². The molecule has 2 heterocycles. The lowest BCUT2D eigenvalue weighted by Crippen LogP contribution is -2.21. The summed E-state index contributed by atoms with van der Waals surface area (Å²) in [5.41, 5.74) is 2.21. The number of thioether (sulfide) groups is 1. The van der Waals surface area contributed by atoms with Crippen LogP contribution in [0.4, 0.5) is 17.1 Å². The molecule has 0 bridgehead atoms. The van der Waals surface area contributed by atoms with Gasteiger partial charge in [-0.25, -0.2) is 4.99 Å². The van der Waals surface area contributed by atoms with Crippen molar-refractivity contribution in [3.05, 3.63) is 81.4 Å². The predicted octanol–water partition coefficient (Wildman–Crippen LogP) is 5.59. The van der Waals surface area contributed by atoms with Crippen molar-refractivity contribution in [2.75, 3.05) is 18.0 Å². The standard InChI is InChI=1S/C24H22N4O4S/c1-3-27(4-2)17-11-9-16(10-12-17)25-24-26-23(29)22(33-24)15-18-13-14-21(32-18)19-7-5-6-8-20(19)28(30)31/h5-15H,3-4H2,1-2H3,(H,25,26,29)/b22-15+. The smallest absolute Gasteiger partial charge is 0.280 e. The Morgan fingerprint density at radius 1 is 1.09 bits per heavy atom. The SMILES string of the molecule is CCN(CC)c1ccc(N=C2NC(=O)/C(=C\c3ccc(-c4ccccc4[N+](=O)[O-])o3)S2)cc1. The number of hydrogen-bond acceptors (Lipinski definition) is 7. The second kappa shape index (κ2) is 9.74. The maximum Gasteiger partial charge on any atom is 0.280 e. The summed E-state index contributed by atoms with van der Waals surface area (Å²) >= 11 is 1.21. The van der Waals surface area contributed by atoms with E-state index in [1.165, 1.54) is 17.8 Å². The van der Waals surface area contributed by atoms with E-state index in [9.17, 15) is 14.9 Å². The van der Waals surface area contributed by atoms with E-state index in [1.54, 1.807) is 36.4 Å². The number of carbonyl (C=O) groups is 1. The van der Waals surface area contributed by atoms with Gasteiger partial charge in [0.15, 0.2) is 5.17 Å². The van der Waals surface area contributed by atoms with E-state index in [2.05, 4.69) is 29.1 Å². The number of hydrogen-bond donors (Lipinski definition) is 1. The number of furan rings is 1. The Morgan fingerprint density at radius 2 is 1.82 bits per heavy atom. The van der Waals surface area contributed by atoms with E-state index in [4.69, 9.17) is 4.42 Å². The van der Waals surface area contributed by atoms with E-state index < -0.39 is 4.92 Å². The molecule has 1 aliphatic rings. The zero-order chi connectivity index (χ0) is 23.4. The number of amides is 1. The molecule has 1 saturated heterocycles. The van der Waals surface area contributed by atoms with Crippen LogP contribution in [0, 0.1) is 10.1 Å². The highest BCUT2D eigenvalue weighted by Crippen LogP contribution is 2.33. The van der Waals surface area contributed by atoms with Crippen LogP contribution < -0.4 is 10.2 Å². The van der Waals surface area contributed by atoms with Gasteiger partial charge >= 0.3 is 0 Å². The highest BCUT2D eigenvalue weighted by atomic mass is 32.2. The molecule has 0 atom stereocenters. The number of aliphatic imine (C=N–C) groups is 1. The fourth-order valence-electron chi connectivity index (χ4n) is 3.47. The number of nitro benzene ring substituents is 1. The molecule has 33 heavy (non-hydrogen) atoms. The first-order valence-electron chi connectivity index (χ1n) is 10.5. The molecule has 0 spiro atoms. The number of rotatable bonds is 7. The fraction of sp³-hybridized carbons (Fsp3) is 0.167. The molecule has 0 radical (unpaired) electrons. The maximum absolute atomic E-state index is 12.4. The molecule has 0 saturated carbocycles. The summed E-state index contributed by atoms with van der Waals surface area (Å²) in [6, 6.07) is 17.5. The molecule has 1 N–H and O–H groups in total. The molecule has 1 aliphatic heterocycles. The minimum atomic E-state index is -0.451. The van der Waals surface area contributed by atoms with Crippen LogP contribution in [-0.4, -0.2) is 29.1 Å². The number of amidine groups is 1. The van der Waals surface area contributed by atoms with E-state index in [0.29, 0.717) is 27.2 Å². The number of benzene rings is 2. The van der Waals surface area contributed by atoms with Crippen molar-refractivity contribution in [3.8, 4) is 11.3 Å². The number of nitrogens with zero attached hydrogens (tertiary/aromatic N) is 3. The molecule has 0 unspecified atom stereocenters. The molecule has 4 rings (SSSR count). The highest BCUT2D eigenvalue weighted by molar-refractivity contribution is 8.18. The summed E-state index contributed by atoms with van der Waals surface area (Å²) < 4.78 is 5.76. The third-order valence-electron chi connectivity index (χ3n) is 5.13. The van der Waals surface area contributed by atoms with Gasteiger partial charge in [-0.15, -0.1) is 0 Å². The molecule has 2 aromatic carbocycles. The Kier molecular flexibility index (Phi) is 6.60. The fourth-order valence-corrected chi connectivity index (χ4v) is 4.29. The number of nitrogens with one attached hydrogen (secondary N) is 1. The summed E-state index contributed by atoms with van der Waals surface area (Å²) in [6.45, 7) is 6.08. The minimum Gasteiger partial charge on any atom is -0.456 e. The normalized spacial score (nSPS) is 15.8. The van der Waals surface area contributed by atoms with Crippen LogP contribution in [0.1, 0.15) is 19.6 Å². The first-order valence-corrected chi connectivity index (χ1v) is 11.3. The summed E-state index contributed by atoms with van der Waals surface area (Å²) in [7, 11) is 0. The predicted molar refractivity (Wildman–Crippen MR) is 132 cm³/mol. The Labute approximate surface area is 195 Å². The number of anilines is 1. The molecule has 8 nitrogen and oxygen atoms in total. The van der Waals surface area contributed by atoms with Crippen molar-refractivity contribution in [1.29, 1.82) is 0 Å². The second-order valence-corrected chi connectivity index (χ2v) is 8.18. The van der Waals surface area contributed by atoms with Crippen molar-refractivity contribution >= 4 is 46.0 Å². The van der Waals surface area contributed by atoms with E-state index in [0.717, 1.165) is 24.5 Å². The number of carbonyl (C=O) groups excluding carboxylic acids is 1. The van der Waals surface area contributed by atoms with Crippen LogP contribution in [0.25, 0.3) is 17.4 Å². The van der Waals surface area contributed by atoms with Gasteiger partial charge in [0.05, 0.1) is 21.1 Å². The van der Waals surface area contributed by atoms with Gasteiger partial charge < -0.3 is 14.6 Å². The Morgan fingerprint density at radius 3 is 2.52 bits per heavy atom. The molecule has 3 aromatic rings.